The van der Waals surface area contributed by atoms with Crippen LogP contribution in [0.25, 0.3) is 0 Å². The second-order valence-electron chi connectivity index (χ2n) is 6.65. The topological polar surface area (TPSA) is 26.3 Å². The number of ether oxygens (including phenoxy) is 1. The highest BCUT2D eigenvalue weighted by molar-refractivity contribution is 5.83. The van der Waals surface area contributed by atoms with Crippen LogP contribution in [0.2, 0.25) is 0 Å². The zero-order valence-corrected chi connectivity index (χ0v) is 16.2. The molecule has 1 aliphatic carbocycles. The number of benzene rings is 2. The van der Waals surface area contributed by atoms with Crippen molar-refractivity contribution in [2.75, 3.05) is 0 Å². The predicted molar refractivity (Wildman–Crippen MR) is 109 cm³/mol. The summed E-state index contributed by atoms with van der Waals surface area (Å²) in [5.74, 6) is 1.46. The quantitative estimate of drug-likeness (QED) is 0.355. The van der Waals surface area contributed by atoms with Crippen LogP contribution in [0.4, 0.5) is 0 Å². The first-order chi connectivity index (χ1) is 12.7. The summed E-state index contributed by atoms with van der Waals surface area (Å²) < 4.78 is 5.13. The van der Waals surface area contributed by atoms with Crippen molar-refractivity contribution < 1.29 is 9.53 Å². The summed E-state index contributed by atoms with van der Waals surface area (Å²) in [7, 11) is 0. The number of hydrogen-bond acceptors (Lipinski definition) is 2. The summed E-state index contributed by atoms with van der Waals surface area (Å²) in [6.07, 6.45) is 6.08. The third kappa shape index (κ3) is 5.32. The van der Waals surface area contributed by atoms with Crippen molar-refractivity contribution in [3.63, 3.8) is 0 Å². The number of hydrogen-bond donors (Lipinski definition) is 0. The molecule has 138 valence electrons. The van der Waals surface area contributed by atoms with Crippen LogP contribution in [-0.4, -0.2) is 5.97 Å². The summed E-state index contributed by atoms with van der Waals surface area (Å²) in [4.78, 5) is 11.2. The van der Waals surface area contributed by atoms with E-state index in [1.807, 2.05) is 26.0 Å². The van der Waals surface area contributed by atoms with Crippen molar-refractivity contribution in [3.8, 4) is 5.75 Å². The van der Waals surface area contributed by atoms with Crippen LogP contribution >= 0.6 is 0 Å². The number of aryl methyl sites for hydroxylation is 1. The van der Waals surface area contributed by atoms with Gasteiger partial charge in [-0.2, -0.15) is 0 Å². The Labute approximate surface area is 157 Å². The Kier molecular flexibility index (Phi) is 7.65. The lowest BCUT2D eigenvalue weighted by molar-refractivity contribution is -0.128. The molecule has 2 aromatic rings. The van der Waals surface area contributed by atoms with Gasteiger partial charge in [-0.05, 0) is 67.7 Å². The Morgan fingerprint density at radius 3 is 1.73 bits per heavy atom. The monoisotopic (exact) mass is 350 g/mol. The van der Waals surface area contributed by atoms with Gasteiger partial charge < -0.3 is 4.74 Å². The second-order valence-corrected chi connectivity index (χ2v) is 6.65. The van der Waals surface area contributed by atoms with E-state index in [0.717, 1.165) is 0 Å². The minimum absolute atomic E-state index is 0.415. The van der Waals surface area contributed by atoms with Crippen LogP contribution in [0.1, 0.15) is 68.1 Å². The molecule has 0 aromatic heterocycles. The Morgan fingerprint density at radius 1 is 0.885 bits per heavy atom. The minimum atomic E-state index is -0.415. The van der Waals surface area contributed by atoms with Crippen LogP contribution in [0, 0.1) is 6.92 Å². The van der Waals surface area contributed by atoms with Gasteiger partial charge in [0.1, 0.15) is 5.75 Å². The van der Waals surface area contributed by atoms with E-state index in [4.69, 9.17) is 4.74 Å². The summed E-state index contributed by atoms with van der Waals surface area (Å²) in [5.41, 5.74) is 4.14. The van der Waals surface area contributed by atoms with Crippen molar-refractivity contribution in [2.45, 2.75) is 58.3 Å². The van der Waals surface area contributed by atoms with Gasteiger partial charge in [-0.25, -0.2) is 4.79 Å². The molecule has 0 amide bonds. The van der Waals surface area contributed by atoms with Crippen molar-refractivity contribution in [3.05, 3.63) is 77.9 Å². The van der Waals surface area contributed by atoms with Gasteiger partial charge >= 0.3 is 5.97 Å². The molecule has 0 unspecified atom stereocenters. The molecule has 2 heteroatoms. The first-order valence-electron chi connectivity index (χ1n) is 9.66. The van der Waals surface area contributed by atoms with E-state index >= 15 is 0 Å². The highest BCUT2D eigenvalue weighted by Crippen LogP contribution is 2.40. The summed E-state index contributed by atoms with van der Waals surface area (Å²) >= 11 is 0. The number of carbonyl (C=O) groups is 1. The lowest BCUT2D eigenvalue weighted by Crippen LogP contribution is -2.12. The van der Waals surface area contributed by atoms with Gasteiger partial charge in [-0.1, -0.05) is 62.4 Å². The normalized spacial score (nSPS) is 19.0. The molecule has 0 radical (unpaired) electrons. The molecule has 2 nitrogen and oxygen atoms in total. The lowest BCUT2D eigenvalue weighted by Gasteiger charge is -2.29. The first kappa shape index (κ1) is 20.0. The first-order valence-corrected chi connectivity index (χ1v) is 9.66. The van der Waals surface area contributed by atoms with Crippen LogP contribution in [0.3, 0.4) is 0 Å². The highest BCUT2D eigenvalue weighted by atomic mass is 16.5. The molecule has 0 heterocycles. The molecule has 26 heavy (non-hydrogen) atoms. The molecule has 0 saturated heterocycles. The smallest absolute Gasteiger partial charge is 0.335 e. The van der Waals surface area contributed by atoms with Gasteiger partial charge in [-0.3, -0.25) is 0 Å². The van der Waals surface area contributed by atoms with E-state index in [0.29, 0.717) is 17.6 Å². The Bertz CT molecular complexity index is 690. The average molecular weight is 351 g/mol. The molecule has 2 aromatic carbocycles. The molecule has 0 bridgehead atoms. The molecule has 1 aliphatic rings. The predicted octanol–water partition coefficient (Wildman–Crippen LogP) is 6.55. The van der Waals surface area contributed by atoms with E-state index in [-0.39, 0.29) is 0 Å². The van der Waals surface area contributed by atoms with Gasteiger partial charge in [0, 0.05) is 6.08 Å². The third-order valence-corrected chi connectivity index (χ3v) is 5.01. The van der Waals surface area contributed by atoms with Crippen molar-refractivity contribution in [1.29, 1.82) is 0 Å². The average Bonchev–Trinajstić information content (AvgIpc) is 2.71. The number of carbonyl (C=O) groups excluding carboxylic acids is 1. The van der Waals surface area contributed by atoms with Gasteiger partial charge in [0.2, 0.25) is 0 Å². The van der Waals surface area contributed by atoms with Crippen molar-refractivity contribution in [1.82, 2.24) is 0 Å². The fourth-order valence-corrected chi connectivity index (χ4v) is 3.56. The maximum Gasteiger partial charge on any atom is 0.335 e. The lowest BCUT2D eigenvalue weighted by atomic mass is 9.76. The largest absolute Gasteiger partial charge is 0.423 e. The van der Waals surface area contributed by atoms with E-state index in [1.165, 1.54) is 48.4 Å². The van der Waals surface area contributed by atoms with Gasteiger partial charge in [0.15, 0.2) is 0 Å². The molecule has 0 spiro atoms. The molecule has 3 rings (SSSR count). The molecule has 0 aliphatic heterocycles. The molecular weight excluding hydrogens is 320 g/mol. The van der Waals surface area contributed by atoms with Crippen LogP contribution < -0.4 is 4.74 Å². The molecule has 1 fully saturated rings. The fourth-order valence-electron chi connectivity index (χ4n) is 3.56. The summed E-state index contributed by atoms with van der Waals surface area (Å²) in [6.45, 7) is 9.55. The standard InChI is InChI=1S/C22H24O2.C2H6/c1-3-22(23)24-21-14-12-20(13-15-21)19-10-8-18(9-11-19)17-6-4-16(2)5-7-17;1-2/h3-7,12-15,18-19H,1,8-11H2,2H3;1-2H3. The minimum Gasteiger partial charge on any atom is -0.423 e. The maximum atomic E-state index is 11.2. The van der Waals surface area contributed by atoms with Gasteiger partial charge in [0.25, 0.3) is 0 Å². The molecular formula is C24H30O2. The van der Waals surface area contributed by atoms with Crippen LogP contribution in [-0.2, 0) is 4.79 Å². The van der Waals surface area contributed by atoms with E-state index in [2.05, 4.69) is 49.9 Å². The fraction of sp³-hybridized carbons (Fsp3) is 0.375. The zero-order valence-electron chi connectivity index (χ0n) is 16.2. The molecule has 0 atom stereocenters. The van der Waals surface area contributed by atoms with E-state index in [9.17, 15) is 4.79 Å². The third-order valence-electron chi connectivity index (χ3n) is 5.01. The number of esters is 1. The second kappa shape index (κ2) is 9.96. The Balaban J connectivity index is 0.00000117. The van der Waals surface area contributed by atoms with Crippen molar-refractivity contribution >= 4 is 5.97 Å². The van der Waals surface area contributed by atoms with Crippen molar-refractivity contribution in [2.24, 2.45) is 0 Å². The Morgan fingerprint density at radius 2 is 1.31 bits per heavy atom. The molecule has 1 saturated carbocycles. The van der Waals surface area contributed by atoms with E-state index in [1.54, 1.807) is 0 Å². The van der Waals surface area contributed by atoms with Crippen LogP contribution in [0.5, 0.6) is 5.75 Å². The Hall–Kier alpha value is -2.35. The molecule has 0 N–H and O–H groups in total. The highest BCUT2D eigenvalue weighted by Gasteiger charge is 2.23. The van der Waals surface area contributed by atoms with Crippen LogP contribution in [0.15, 0.2) is 61.2 Å². The van der Waals surface area contributed by atoms with Gasteiger partial charge in [-0.15, -0.1) is 0 Å². The summed E-state index contributed by atoms with van der Waals surface area (Å²) in [5, 5.41) is 0. The van der Waals surface area contributed by atoms with Gasteiger partial charge in [0.05, 0.1) is 0 Å². The maximum absolute atomic E-state index is 11.2. The SMILES string of the molecule is C=CC(=O)Oc1ccc(C2CCC(c3ccc(C)cc3)CC2)cc1.CC. The summed E-state index contributed by atoms with van der Waals surface area (Å²) in [6, 6.07) is 16.9. The zero-order chi connectivity index (χ0) is 18.9. The number of rotatable bonds is 4. The van der Waals surface area contributed by atoms with E-state index < -0.39 is 5.97 Å².